The highest BCUT2D eigenvalue weighted by molar-refractivity contribution is 6.61. The van der Waals surface area contributed by atoms with Gasteiger partial charge in [-0.1, -0.05) is 108 Å². The molecule has 2 heteroatoms. The maximum Gasteiger partial charge on any atom is 0.0979 e. The Labute approximate surface area is 248 Å². The second-order valence-electron chi connectivity index (χ2n) is 11.8. The van der Waals surface area contributed by atoms with Crippen LogP contribution >= 0.6 is 0 Å². The molecule has 0 spiro atoms. The summed E-state index contributed by atoms with van der Waals surface area (Å²) < 4.78 is 0. The van der Waals surface area contributed by atoms with Crippen molar-refractivity contribution in [3.8, 4) is 11.1 Å². The van der Waals surface area contributed by atoms with Gasteiger partial charge in [0, 0.05) is 16.5 Å². The quantitative estimate of drug-likeness (QED) is 0.212. The SMILES string of the molecule is Cc1cc(C)c(N=C2C(=Nc3c(C)cc(C)cc3C)c3ccc(-c4cccc5ccccc45)c4cccc2c34)c(C)c1. The number of fused-ring (bicyclic) bond motifs is 1. The molecular weight excluding hydrogens is 508 g/mol. The van der Waals surface area contributed by atoms with Crippen molar-refractivity contribution < 1.29 is 0 Å². The van der Waals surface area contributed by atoms with E-state index in [-0.39, 0.29) is 0 Å². The van der Waals surface area contributed by atoms with Crippen LogP contribution in [0.1, 0.15) is 44.5 Å². The number of aryl methyl sites for hydroxylation is 6. The van der Waals surface area contributed by atoms with Crippen LogP contribution in [0.2, 0.25) is 0 Å². The Morgan fingerprint density at radius 1 is 0.405 bits per heavy atom. The van der Waals surface area contributed by atoms with Gasteiger partial charge in [0.15, 0.2) is 0 Å². The van der Waals surface area contributed by atoms with Gasteiger partial charge in [-0.2, -0.15) is 0 Å². The summed E-state index contributed by atoms with van der Waals surface area (Å²) in [5.74, 6) is 0. The lowest BCUT2D eigenvalue weighted by Crippen LogP contribution is -2.11. The van der Waals surface area contributed by atoms with Crippen molar-refractivity contribution in [1.82, 2.24) is 0 Å². The highest BCUT2D eigenvalue weighted by Crippen LogP contribution is 2.42. The van der Waals surface area contributed by atoms with Gasteiger partial charge in [0.1, 0.15) is 0 Å². The van der Waals surface area contributed by atoms with Crippen molar-refractivity contribution in [2.24, 2.45) is 9.98 Å². The van der Waals surface area contributed by atoms with Crippen LogP contribution in [0.4, 0.5) is 11.4 Å². The summed E-state index contributed by atoms with van der Waals surface area (Å²) in [6.07, 6.45) is 0. The smallest absolute Gasteiger partial charge is 0.0979 e. The molecule has 0 N–H and O–H groups in total. The lowest BCUT2D eigenvalue weighted by atomic mass is 9.92. The third-order valence-corrected chi connectivity index (χ3v) is 8.57. The molecule has 1 aliphatic rings. The number of benzene rings is 6. The Morgan fingerprint density at radius 2 is 0.833 bits per heavy atom. The van der Waals surface area contributed by atoms with Crippen LogP contribution in [0.15, 0.2) is 107 Å². The van der Waals surface area contributed by atoms with Gasteiger partial charge in [-0.3, -0.25) is 0 Å². The van der Waals surface area contributed by atoms with Crippen LogP contribution in [0, 0.1) is 41.5 Å². The molecule has 6 aromatic rings. The molecule has 0 aliphatic heterocycles. The highest BCUT2D eigenvalue weighted by Gasteiger charge is 2.29. The molecule has 7 rings (SSSR count). The topological polar surface area (TPSA) is 24.7 Å². The monoisotopic (exact) mass is 542 g/mol. The van der Waals surface area contributed by atoms with Crippen molar-refractivity contribution in [2.75, 3.05) is 0 Å². The second-order valence-corrected chi connectivity index (χ2v) is 11.8. The molecule has 204 valence electrons. The zero-order chi connectivity index (χ0) is 29.1. The molecule has 0 fully saturated rings. The predicted octanol–water partition coefficient (Wildman–Crippen LogP) is 10.8. The average Bonchev–Trinajstić information content (AvgIpc) is 3.26. The molecule has 0 unspecified atom stereocenters. The maximum absolute atomic E-state index is 5.43. The first-order chi connectivity index (χ1) is 20.3. The molecule has 0 saturated heterocycles. The number of nitrogens with zero attached hydrogens (tertiary/aromatic N) is 2. The third kappa shape index (κ3) is 4.18. The Bertz CT molecular complexity index is 2010. The molecule has 6 aromatic carbocycles. The summed E-state index contributed by atoms with van der Waals surface area (Å²) in [5, 5.41) is 4.97. The number of hydrogen-bond donors (Lipinski definition) is 0. The standard InChI is InChI=1S/C40H34N2/c1-23-19-25(3)37(26(4)20-23)41-39-34-16-10-15-33-32(31-14-9-12-29-11-7-8-13-30(29)31)17-18-35(36(33)34)40(39)42-38-27(5)21-24(2)22-28(38)6/h7-22H,1-6H3. The summed E-state index contributed by atoms with van der Waals surface area (Å²) in [7, 11) is 0. The number of hydrogen-bond acceptors (Lipinski definition) is 2. The fourth-order valence-corrected chi connectivity index (χ4v) is 6.90. The fraction of sp³-hybridized carbons (Fsp3) is 0.150. The fourth-order valence-electron chi connectivity index (χ4n) is 6.90. The van der Waals surface area contributed by atoms with Gasteiger partial charge in [0.05, 0.1) is 22.8 Å². The van der Waals surface area contributed by atoms with Crippen molar-refractivity contribution in [1.29, 1.82) is 0 Å². The Morgan fingerprint density at radius 3 is 1.45 bits per heavy atom. The largest absolute Gasteiger partial charge is 0.246 e. The van der Waals surface area contributed by atoms with Gasteiger partial charge in [-0.25, -0.2) is 9.98 Å². The Balaban J connectivity index is 1.55. The molecular formula is C40H34N2. The summed E-state index contributed by atoms with van der Waals surface area (Å²) in [6, 6.07) is 35.3. The first kappa shape index (κ1) is 26.1. The molecule has 0 saturated carbocycles. The summed E-state index contributed by atoms with van der Waals surface area (Å²) in [4.78, 5) is 10.9. The lowest BCUT2D eigenvalue weighted by Gasteiger charge is -2.12. The third-order valence-electron chi connectivity index (χ3n) is 8.57. The van der Waals surface area contributed by atoms with Crippen LogP contribution in [-0.2, 0) is 0 Å². The highest BCUT2D eigenvalue weighted by atomic mass is 14.8. The molecule has 0 bridgehead atoms. The summed E-state index contributed by atoms with van der Waals surface area (Å²) in [5.41, 5.74) is 16.0. The minimum atomic E-state index is 0.945. The van der Waals surface area contributed by atoms with Crippen molar-refractivity contribution in [2.45, 2.75) is 41.5 Å². The van der Waals surface area contributed by atoms with Crippen LogP contribution in [0.3, 0.4) is 0 Å². The van der Waals surface area contributed by atoms with E-state index in [2.05, 4.69) is 139 Å². The minimum Gasteiger partial charge on any atom is -0.246 e. The van der Waals surface area contributed by atoms with Gasteiger partial charge in [0.25, 0.3) is 0 Å². The molecule has 0 amide bonds. The van der Waals surface area contributed by atoms with E-state index in [9.17, 15) is 0 Å². The molecule has 42 heavy (non-hydrogen) atoms. The van der Waals surface area contributed by atoms with E-state index in [0.29, 0.717) is 0 Å². The molecule has 0 radical (unpaired) electrons. The van der Waals surface area contributed by atoms with Crippen molar-refractivity contribution >= 4 is 44.3 Å². The zero-order valence-corrected chi connectivity index (χ0v) is 25.1. The van der Waals surface area contributed by atoms with Crippen LogP contribution < -0.4 is 0 Å². The van der Waals surface area contributed by atoms with Crippen LogP contribution in [0.25, 0.3) is 32.7 Å². The number of aliphatic imine (C=N–C) groups is 2. The van der Waals surface area contributed by atoms with Gasteiger partial charge in [-0.05, 0) is 91.1 Å². The van der Waals surface area contributed by atoms with Crippen LogP contribution in [0.5, 0.6) is 0 Å². The molecule has 0 atom stereocenters. The van der Waals surface area contributed by atoms with Crippen molar-refractivity contribution in [3.05, 3.63) is 142 Å². The van der Waals surface area contributed by atoms with E-state index in [0.717, 1.165) is 33.9 Å². The van der Waals surface area contributed by atoms with Gasteiger partial charge >= 0.3 is 0 Å². The minimum absolute atomic E-state index is 0.945. The van der Waals surface area contributed by atoms with E-state index >= 15 is 0 Å². The van der Waals surface area contributed by atoms with Crippen molar-refractivity contribution in [3.63, 3.8) is 0 Å². The van der Waals surface area contributed by atoms with Crippen LogP contribution in [-0.4, -0.2) is 11.4 Å². The molecule has 2 nitrogen and oxygen atoms in total. The summed E-state index contributed by atoms with van der Waals surface area (Å²) >= 11 is 0. The van der Waals surface area contributed by atoms with E-state index in [1.165, 1.54) is 66.1 Å². The predicted molar refractivity (Wildman–Crippen MR) is 181 cm³/mol. The van der Waals surface area contributed by atoms with E-state index in [1.807, 2.05) is 0 Å². The first-order valence-electron chi connectivity index (χ1n) is 14.7. The normalized spacial score (nSPS) is 14.5. The molecule has 0 heterocycles. The average molecular weight is 543 g/mol. The van der Waals surface area contributed by atoms with Gasteiger partial charge in [-0.15, -0.1) is 0 Å². The van der Waals surface area contributed by atoms with Gasteiger partial charge in [0.2, 0.25) is 0 Å². The maximum atomic E-state index is 5.43. The Hall–Kier alpha value is -4.82. The molecule has 0 aromatic heterocycles. The number of rotatable bonds is 3. The van der Waals surface area contributed by atoms with E-state index < -0.39 is 0 Å². The lowest BCUT2D eigenvalue weighted by molar-refractivity contribution is 1.28. The second kappa shape index (κ2) is 9.92. The zero-order valence-electron chi connectivity index (χ0n) is 25.1. The summed E-state index contributed by atoms with van der Waals surface area (Å²) in [6.45, 7) is 12.9. The van der Waals surface area contributed by atoms with Gasteiger partial charge < -0.3 is 0 Å². The first-order valence-corrected chi connectivity index (χ1v) is 14.7. The van der Waals surface area contributed by atoms with E-state index in [4.69, 9.17) is 9.98 Å². The Kier molecular flexibility index (Phi) is 6.17. The van der Waals surface area contributed by atoms with E-state index in [1.54, 1.807) is 0 Å². The molecule has 1 aliphatic carbocycles.